The van der Waals surface area contributed by atoms with Crippen LogP contribution in [0.2, 0.25) is 0 Å². The lowest BCUT2D eigenvalue weighted by Crippen LogP contribution is -2.25. The van der Waals surface area contributed by atoms with Crippen LogP contribution < -0.4 is 0 Å². The van der Waals surface area contributed by atoms with Gasteiger partial charge in [-0.15, -0.1) is 0 Å². The standard InChI is InChI=1S/C14H23NO/c1-2-3-4-5-6-7-8-11-14(16)15-12-9-10-13-15/h6-8,11H,2-5,9-10,12-13H2,1H3/b7-6+,11-8+/i9D2,10D2,12D2,13D2. The molecule has 1 rings (SSSR count). The van der Waals surface area contributed by atoms with Crippen LogP contribution >= 0.6 is 0 Å². The number of carbonyl (C=O) groups excluding carboxylic acids is 1. The average molecular weight is 229 g/mol. The maximum atomic E-state index is 12.2. The Morgan fingerprint density at radius 2 is 2.06 bits per heavy atom. The van der Waals surface area contributed by atoms with Gasteiger partial charge in [0.25, 0.3) is 0 Å². The minimum absolute atomic E-state index is 0.0153. The van der Waals surface area contributed by atoms with E-state index in [1.165, 1.54) is 6.08 Å². The molecule has 0 saturated carbocycles. The summed E-state index contributed by atoms with van der Waals surface area (Å²) in [6.07, 6.45) is 3.27. The number of rotatable bonds is 6. The molecule has 2 nitrogen and oxygen atoms in total. The fourth-order valence-corrected chi connectivity index (χ4v) is 1.21. The highest BCUT2D eigenvalue weighted by Crippen LogP contribution is 2.07. The molecule has 0 N–H and O–H groups in total. The summed E-state index contributed by atoms with van der Waals surface area (Å²) >= 11 is 0. The lowest BCUT2D eigenvalue weighted by atomic mass is 10.2. The second kappa shape index (κ2) is 8.14. The van der Waals surface area contributed by atoms with Crippen molar-refractivity contribution in [3.63, 3.8) is 0 Å². The van der Waals surface area contributed by atoms with Crippen LogP contribution in [0, 0.1) is 0 Å². The summed E-state index contributed by atoms with van der Waals surface area (Å²) in [5.41, 5.74) is 0. The van der Waals surface area contributed by atoms with Gasteiger partial charge in [0.1, 0.15) is 0 Å². The Balaban J connectivity index is 2.94. The van der Waals surface area contributed by atoms with Gasteiger partial charge in [-0.1, -0.05) is 38.0 Å². The van der Waals surface area contributed by atoms with E-state index in [0.717, 1.165) is 31.8 Å². The molecule has 0 atom stereocenters. The van der Waals surface area contributed by atoms with Crippen LogP contribution in [0.5, 0.6) is 0 Å². The van der Waals surface area contributed by atoms with Crippen molar-refractivity contribution in [1.82, 2.24) is 4.90 Å². The van der Waals surface area contributed by atoms with Gasteiger partial charge in [0, 0.05) is 30.0 Å². The van der Waals surface area contributed by atoms with Gasteiger partial charge in [-0.2, -0.15) is 0 Å². The van der Waals surface area contributed by atoms with Crippen LogP contribution in [0.1, 0.15) is 56.3 Å². The number of amides is 1. The van der Waals surface area contributed by atoms with E-state index in [9.17, 15) is 4.79 Å². The predicted octanol–water partition coefficient (Wildman–Crippen LogP) is 3.30. The average Bonchev–Trinajstić information content (AvgIpc) is 2.51. The molecule has 0 spiro atoms. The molecule has 0 aliphatic carbocycles. The largest absolute Gasteiger partial charge is 0.339 e. The van der Waals surface area contributed by atoms with Crippen molar-refractivity contribution in [1.29, 1.82) is 0 Å². The number of carbonyl (C=O) groups is 1. The number of hydrogen-bond donors (Lipinski definition) is 0. The molecule has 0 aromatic rings. The third-order valence-corrected chi connectivity index (χ3v) is 2.08. The lowest BCUT2D eigenvalue weighted by Gasteiger charge is -2.11. The number of hydrogen-bond acceptors (Lipinski definition) is 1. The topological polar surface area (TPSA) is 20.3 Å². The highest BCUT2D eigenvalue weighted by atomic mass is 16.2. The molecule has 1 amide bonds. The Hall–Kier alpha value is -1.05. The zero-order valence-electron chi connectivity index (χ0n) is 17.5. The van der Waals surface area contributed by atoms with E-state index in [1.807, 2.05) is 6.08 Å². The molecular formula is C14H23NO. The van der Waals surface area contributed by atoms with Crippen molar-refractivity contribution < 1.29 is 15.8 Å². The monoisotopic (exact) mass is 229 g/mol. The van der Waals surface area contributed by atoms with Gasteiger partial charge in [0.15, 0.2) is 0 Å². The predicted molar refractivity (Wildman–Crippen MR) is 68.2 cm³/mol. The molecule has 0 unspecified atom stereocenters. The van der Waals surface area contributed by atoms with Crippen LogP contribution in [0.4, 0.5) is 0 Å². The van der Waals surface area contributed by atoms with E-state index in [0.29, 0.717) is 0 Å². The summed E-state index contributed by atoms with van der Waals surface area (Å²) in [5, 5.41) is 0. The molecule has 90 valence electrons. The Morgan fingerprint density at radius 3 is 2.75 bits per heavy atom. The van der Waals surface area contributed by atoms with Crippen molar-refractivity contribution in [2.75, 3.05) is 13.0 Å². The van der Waals surface area contributed by atoms with E-state index < -0.39 is 31.6 Å². The molecule has 16 heavy (non-hydrogen) atoms. The van der Waals surface area contributed by atoms with Crippen molar-refractivity contribution in [2.24, 2.45) is 0 Å². The molecule has 2 heteroatoms. The third kappa shape index (κ3) is 5.15. The van der Waals surface area contributed by atoms with Gasteiger partial charge in [-0.3, -0.25) is 4.79 Å². The molecule has 1 aliphatic heterocycles. The normalized spacial score (nSPS) is 36.7. The zero-order valence-corrected chi connectivity index (χ0v) is 9.49. The first-order chi connectivity index (χ1) is 10.9. The summed E-state index contributed by atoms with van der Waals surface area (Å²) < 4.78 is 61.5. The molecule has 1 heterocycles. The SMILES string of the molecule is [2H]C1([2H])N(C(=O)/C=C/C=C/CCCCC)C([2H])([2H])C([2H])([2H])C1([2H])[2H]. The van der Waals surface area contributed by atoms with Crippen LogP contribution in [0.15, 0.2) is 24.3 Å². The van der Waals surface area contributed by atoms with Crippen molar-refractivity contribution in [2.45, 2.75) is 45.4 Å². The minimum Gasteiger partial charge on any atom is -0.339 e. The first-order valence-corrected chi connectivity index (χ1v) is 5.53. The third-order valence-electron chi connectivity index (χ3n) is 2.08. The number of allylic oxidation sites excluding steroid dienone is 3. The molecule has 1 saturated heterocycles. The summed E-state index contributed by atoms with van der Waals surface area (Å²) in [5.74, 6) is -1.12. The second-order valence-electron chi connectivity index (χ2n) is 3.43. The van der Waals surface area contributed by atoms with Crippen LogP contribution in [0.25, 0.3) is 0 Å². The van der Waals surface area contributed by atoms with Crippen LogP contribution in [-0.4, -0.2) is 23.8 Å². The zero-order chi connectivity index (χ0) is 18.8. The van der Waals surface area contributed by atoms with Gasteiger partial charge in [0.05, 0.1) is 0 Å². The van der Waals surface area contributed by atoms with E-state index in [2.05, 4.69) is 6.92 Å². The van der Waals surface area contributed by atoms with E-state index >= 15 is 0 Å². The fourth-order valence-electron chi connectivity index (χ4n) is 1.21. The minimum atomic E-state index is -3.19. The van der Waals surface area contributed by atoms with Crippen molar-refractivity contribution in [3.05, 3.63) is 24.3 Å². The summed E-state index contributed by atoms with van der Waals surface area (Å²) in [7, 11) is 0. The Bertz CT molecular complexity index is 501. The van der Waals surface area contributed by atoms with Gasteiger partial charge >= 0.3 is 0 Å². The van der Waals surface area contributed by atoms with Gasteiger partial charge < -0.3 is 4.90 Å². The first-order valence-electron chi connectivity index (χ1n) is 9.53. The quantitative estimate of drug-likeness (QED) is 0.389. The maximum Gasteiger partial charge on any atom is 0.246 e. The maximum absolute atomic E-state index is 12.2. The van der Waals surface area contributed by atoms with Gasteiger partial charge in [-0.25, -0.2) is 0 Å². The molecule has 0 aromatic carbocycles. The summed E-state index contributed by atoms with van der Waals surface area (Å²) in [4.78, 5) is 12.2. The smallest absolute Gasteiger partial charge is 0.246 e. The molecule has 0 aromatic heterocycles. The summed E-state index contributed by atoms with van der Waals surface area (Å²) in [6, 6.07) is 0. The first kappa shape index (κ1) is 5.52. The molecule has 1 aliphatic rings. The lowest BCUT2D eigenvalue weighted by molar-refractivity contribution is -0.124. The number of nitrogens with zero attached hydrogens (tertiary/aromatic N) is 1. The molecular weight excluding hydrogens is 198 g/mol. The highest BCUT2D eigenvalue weighted by Gasteiger charge is 2.14. The van der Waals surface area contributed by atoms with Gasteiger partial charge in [0.2, 0.25) is 5.91 Å². The molecule has 1 fully saturated rings. The highest BCUT2D eigenvalue weighted by molar-refractivity contribution is 5.88. The van der Waals surface area contributed by atoms with Gasteiger partial charge in [-0.05, 0) is 25.6 Å². The van der Waals surface area contributed by atoms with Crippen molar-refractivity contribution in [3.8, 4) is 0 Å². The summed E-state index contributed by atoms with van der Waals surface area (Å²) in [6.45, 7) is -4.16. The Kier molecular flexibility index (Phi) is 2.81. The molecule has 0 radical (unpaired) electrons. The molecule has 0 bridgehead atoms. The van der Waals surface area contributed by atoms with E-state index in [-0.39, 0.29) is 4.90 Å². The number of unbranched alkanes of at least 4 members (excludes halogenated alkanes) is 3. The van der Waals surface area contributed by atoms with Crippen LogP contribution in [0.3, 0.4) is 0 Å². The van der Waals surface area contributed by atoms with Crippen LogP contribution in [-0.2, 0) is 4.79 Å². The Morgan fingerprint density at radius 1 is 1.31 bits per heavy atom. The van der Waals surface area contributed by atoms with E-state index in [1.54, 1.807) is 6.08 Å². The van der Waals surface area contributed by atoms with E-state index in [4.69, 9.17) is 11.0 Å². The fraction of sp³-hybridized carbons (Fsp3) is 0.643. The van der Waals surface area contributed by atoms with Crippen molar-refractivity contribution >= 4 is 5.91 Å². The number of likely N-dealkylation sites (tertiary alicyclic amines) is 1. The Labute approximate surface area is 110 Å². The second-order valence-corrected chi connectivity index (χ2v) is 3.43.